The molecule has 2 nitrogen and oxygen atoms in total. The van der Waals surface area contributed by atoms with Crippen molar-refractivity contribution in [2.75, 3.05) is 25.0 Å². The second kappa shape index (κ2) is 7.48. The molecule has 0 spiro atoms. The molecule has 1 aromatic carbocycles. The maximum atomic E-state index is 6.02. The number of benzene rings is 1. The van der Waals surface area contributed by atoms with Crippen LogP contribution in [-0.4, -0.2) is 30.6 Å². The number of rotatable bonds is 4. The van der Waals surface area contributed by atoms with Crippen LogP contribution in [0.25, 0.3) is 0 Å². The Bertz CT molecular complexity index is 475. The second-order valence-corrected chi connectivity index (χ2v) is 6.89. The third-order valence-corrected chi connectivity index (χ3v) is 4.85. The SMILES string of the molecule is CC(C)=CCN1CCC(Nc2ccc(Cl)c(Br)c2)CC1. The highest BCUT2D eigenvalue weighted by Crippen LogP contribution is 2.26. The summed E-state index contributed by atoms with van der Waals surface area (Å²) in [6, 6.07) is 6.59. The molecule has 0 aliphatic carbocycles. The maximum absolute atomic E-state index is 6.02. The van der Waals surface area contributed by atoms with Gasteiger partial charge in [0.25, 0.3) is 0 Å². The van der Waals surface area contributed by atoms with E-state index in [1.807, 2.05) is 12.1 Å². The number of anilines is 1. The fourth-order valence-corrected chi connectivity index (χ4v) is 2.89. The smallest absolute Gasteiger partial charge is 0.0549 e. The van der Waals surface area contributed by atoms with Crippen molar-refractivity contribution in [3.05, 3.63) is 39.3 Å². The zero-order valence-electron chi connectivity index (χ0n) is 12.1. The number of hydrogen-bond donors (Lipinski definition) is 1. The second-order valence-electron chi connectivity index (χ2n) is 5.63. The van der Waals surface area contributed by atoms with Gasteiger partial charge in [-0.15, -0.1) is 0 Å². The van der Waals surface area contributed by atoms with E-state index in [1.165, 1.54) is 18.4 Å². The number of nitrogens with one attached hydrogen (secondary N) is 1. The Balaban J connectivity index is 1.82. The third-order valence-electron chi connectivity index (χ3n) is 3.64. The Morgan fingerprint density at radius 2 is 2.10 bits per heavy atom. The monoisotopic (exact) mass is 356 g/mol. The summed E-state index contributed by atoms with van der Waals surface area (Å²) in [4.78, 5) is 2.52. The van der Waals surface area contributed by atoms with E-state index in [1.54, 1.807) is 0 Å². The summed E-state index contributed by atoms with van der Waals surface area (Å²) in [5.74, 6) is 0. The topological polar surface area (TPSA) is 15.3 Å². The predicted molar refractivity (Wildman–Crippen MR) is 91.7 cm³/mol. The summed E-state index contributed by atoms with van der Waals surface area (Å²) in [6.45, 7) is 7.73. The summed E-state index contributed by atoms with van der Waals surface area (Å²) < 4.78 is 0.949. The molecule has 0 bridgehead atoms. The minimum absolute atomic E-state index is 0.561. The molecule has 0 unspecified atom stereocenters. The summed E-state index contributed by atoms with van der Waals surface area (Å²) >= 11 is 9.48. The van der Waals surface area contributed by atoms with E-state index in [2.05, 4.69) is 52.1 Å². The molecule has 110 valence electrons. The zero-order chi connectivity index (χ0) is 14.5. The van der Waals surface area contributed by atoms with E-state index in [-0.39, 0.29) is 0 Å². The molecule has 2 rings (SSSR count). The molecule has 1 saturated heterocycles. The lowest BCUT2D eigenvalue weighted by molar-refractivity contribution is 0.240. The number of likely N-dealkylation sites (tertiary alicyclic amines) is 1. The fourth-order valence-electron chi connectivity index (χ4n) is 2.39. The van der Waals surface area contributed by atoms with Crippen molar-refractivity contribution in [2.45, 2.75) is 32.7 Å². The van der Waals surface area contributed by atoms with E-state index in [4.69, 9.17) is 11.6 Å². The van der Waals surface area contributed by atoms with Gasteiger partial charge in [0.1, 0.15) is 0 Å². The number of nitrogens with zero attached hydrogens (tertiary/aromatic N) is 1. The van der Waals surface area contributed by atoms with Gasteiger partial charge in [0.2, 0.25) is 0 Å². The van der Waals surface area contributed by atoms with Gasteiger partial charge in [0.05, 0.1) is 5.02 Å². The number of hydrogen-bond acceptors (Lipinski definition) is 2. The third kappa shape index (κ3) is 4.80. The van der Waals surface area contributed by atoms with Crippen LogP contribution >= 0.6 is 27.5 Å². The van der Waals surface area contributed by atoms with Crippen LogP contribution in [0.2, 0.25) is 5.02 Å². The lowest BCUT2D eigenvalue weighted by Gasteiger charge is -2.32. The first-order valence-electron chi connectivity index (χ1n) is 7.12. The van der Waals surface area contributed by atoms with E-state index in [9.17, 15) is 0 Å². The minimum Gasteiger partial charge on any atom is -0.382 e. The van der Waals surface area contributed by atoms with Gasteiger partial charge in [0.15, 0.2) is 0 Å². The van der Waals surface area contributed by atoms with E-state index in [0.717, 1.165) is 34.8 Å². The van der Waals surface area contributed by atoms with Crippen LogP contribution in [0.3, 0.4) is 0 Å². The Morgan fingerprint density at radius 1 is 1.40 bits per heavy atom. The van der Waals surface area contributed by atoms with Gasteiger partial charge >= 0.3 is 0 Å². The lowest BCUT2D eigenvalue weighted by atomic mass is 10.0. The van der Waals surface area contributed by atoms with Crippen LogP contribution in [0.1, 0.15) is 26.7 Å². The number of halogens is 2. The van der Waals surface area contributed by atoms with Crippen molar-refractivity contribution >= 4 is 33.2 Å². The van der Waals surface area contributed by atoms with Crippen LogP contribution < -0.4 is 5.32 Å². The van der Waals surface area contributed by atoms with Crippen molar-refractivity contribution in [3.63, 3.8) is 0 Å². The molecule has 20 heavy (non-hydrogen) atoms. The van der Waals surface area contributed by atoms with Gasteiger partial charge < -0.3 is 5.32 Å². The normalized spacial score (nSPS) is 17.0. The maximum Gasteiger partial charge on any atom is 0.0549 e. The zero-order valence-corrected chi connectivity index (χ0v) is 14.5. The molecule has 0 atom stereocenters. The number of allylic oxidation sites excluding steroid dienone is 1. The minimum atomic E-state index is 0.561. The average molecular weight is 358 g/mol. The fraction of sp³-hybridized carbons (Fsp3) is 0.500. The molecule has 1 aliphatic heterocycles. The van der Waals surface area contributed by atoms with Crippen LogP contribution in [0.15, 0.2) is 34.3 Å². The van der Waals surface area contributed by atoms with E-state index in [0.29, 0.717) is 6.04 Å². The highest BCUT2D eigenvalue weighted by atomic mass is 79.9. The molecule has 0 radical (unpaired) electrons. The Kier molecular flexibility index (Phi) is 5.94. The largest absolute Gasteiger partial charge is 0.382 e. The molecule has 1 aromatic rings. The lowest BCUT2D eigenvalue weighted by Crippen LogP contribution is -2.39. The molecule has 1 fully saturated rings. The predicted octanol–water partition coefficient (Wildman–Crippen LogP) is 4.95. The molecule has 0 amide bonds. The first-order valence-corrected chi connectivity index (χ1v) is 8.29. The van der Waals surface area contributed by atoms with Gasteiger partial charge in [-0.2, -0.15) is 0 Å². The van der Waals surface area contributed by atoms with Crippen molar-refractivity contribution in [1.82, 2.24) is 4.90 Å². The molecule has 0 saturated carbocycles. The molecule has 1 aliphatic rings. The molecule has 1 heterocycles. The van der Waals surface area contributed by atoms with Gasteiger partial charge in [-0.05, 0) is 60.8 Å². The molecular weight excluding hydrogens is 336 g/mol. The van der Waals surface area contributed by atoms with Crippen molar-refractivity contribution < 1.29 is 0 Å². The van der Waals surface area contributed by atoms with Crippen molar-refractivity contribution in [3.8, 4) is 0 Å². The quantitative estimate of drug-likeness (QED) is 0.767. The Hall–Kier alpha value is -0.510. The standard InChI is InChI=1S/C16H22BrClN2/c1-12(2)5-8-20-9-6-13(7-10-20)19-14-3-4-16(18)15(17)11-14/h3-5,11,13,19H,6-10H2,1-2H3. The van der Waals surface area contributed by atoms with Gasteiger partial charge in [-0.1, -0.05) is 23.3 Å². The molecule has 4 heteroatoms. The van der Waals surface area contributed by atoms with E-state index >= 15 is 0 Å². The van der Waals surface area contributed by atoms with Crippen molar-refractivity contribution in [1.29, 1.82) is 0 Å². The average Bonchev–Trinajstić information content (AvgIpc) is 2.42. The van der Waals surface area contributed by atoms with Crippen LogP contribution in [0.4, 0.5) is 5.69 Å². The first kappa shape index (κ1) is 15.9. The van der Waals surface area contributed by atoms with Gasteiger partial charge in [-0.25, -0.2) is 0 Å². The molecule has 0 aromatic heterocycles. The summed E-state index contributed by atoms with van der Waals surface area (Å²) in [6.07, 6.45) is 4.69. The van der Waals surface area contributed by atoms with Gasteiger partial charge in [0, 0.05) is 35.8 Å². The summed E-state index contributed by atoms with van der Waals surface area (Å²) in [7, 11) is 0. The molecular formula is C16H22BrClN2. The van der Waals surface area contributed by atoms with Crippen LogP contribution in [0, 0.1) is 0 Å². The first-order chi connectivity index (χ1) is 9.54. The summed E-state index contributed by atoms with van der Waals surface area (Å²) in [5, 5.41) is 4.36. The summed E-state index contributed by atoms with van der Waals surface area (Å²) in [5.41, 5.74) is 2.54. The highest BCUT2D eigenvalue weighted by Gasteiger charge is 2.18. The van der Waals surface area contributed by atoms with Crippen LogP contribution in [0.5, 0.6) is 0 Å². The van der Waals surface area contributed by atoms with E-state index < -0.39 is 0 Å². The van der Waals surface area contributed by atoms with Crippen LogP contribution in [-0.2, 0) is 0 Å². The molecule has 1 N–H and O–H groups in total. The number of piperidine rings is 1. The Morgan fingerprint density at radius 3 is 2.70 bits per heavy atom. The Labute approximate surface area is 135 Å². The van der Waals surface area contributed by atoms with Gasteiger partial charge in [-0.3, -0.25) is 4.90 Å². The highest BCUT2D eigenvalue weighted by molar-refractivity contribution is 9.10. The van der Waals surface area contributed by atoms with Crippen molar-refractivity contribution in [2.24, 2.45) is 0 Å².